The van der Waals surface area contributed by atoms with Gasteiger partial charge in [-0.3, -0.25) is 0 Å². The SMILES string of the molecule is CCCCOCC=C1CC2C=CC1C2. The third kappa shape index (κ3) is 2.27. The number of unbranched alkanes of at least 4 members (excludes halogenated alkanes) is 1. The van der Waals surface area contributed by atoms with Crippen LogP contribution in [0.2, 0.25) is 0 Å². The molecular formula is C13H20O. The Morgan fingerprint density at radius 2 is 2.43 bits per heavy atom. The van der Waals surface area contributed by atoms with Crippen molar-refractivity contribution in [2.45, 2.75) is 32.6 Å². The largest absolute Gasteiger partial charge is 0.377 e. The highest BCUT2D eigenvalue weighted by Gasteiger charge is 2.30. The molecule has 0 aliphatic heterocycles. The first-order valence-corrected chi connectivity index (χ1v) is 5.85. The summed E-state index contributed by atoms with van der Waals surface area (Å²) in [6.45, 7) is 3.94. The molecule has 2 bridgehead atoms. The summed E-state index contributed by atoms with van der Waals surface area (Å²) in [5.74, 6) is 1.61. The van der Waals surface area contributed by atoms with Crippen molar-refractivity contribution in [2.24, 2.45) is 11.8 Å². The number of allylic oxidation sites excluding steroid dienone is 3. The van der Waals surface area contributed by atoms with E-state index in [0.717, 1.165) is 25.0 Å². The van der Waals surface area contributed by atoms with Crippen molar-refractivity contribution in [1.29, 1.82) is 0 Å². The van der Waals surface area contributed by atoms with Crippen molar-refractivity contribution < 1.29 is 4.74 Å². The van der Waals surface area contributed by atoms with Crippen LogP contribution in [0.4, 0.5) is 0 Å². The predicted molar refractivity (Wildman–Crippen MR) is 59.2 cm³/mol. The summed E-state index contributed by atoms with van der Waals surface area (Å²) in [5, 5.41) is 0. The Labute approximate surface area is 86.8 Å². The van der Waals surface area contributed by atoms with Gasteiger partial charge in [0.25, 0.3) is 0 Å². The van der Waals surface area contributed by atoms with Crippen LogP contribution >= 0.6 is 0 Å². The minimum absolute atomic E-state index is 0.759. The maximum absolute atomic E-state index is 5.54. The molecule has 0 aromatic carbocycles. The Balaban J connectivity index is 1.69. The fourth-order valence-electron chi connectivity index (χ4n) is 2.39. The summed E-state index contributed by atoms with van der Waals surface area (Å²) in [4.78, 5) is 0. The molecule has 14 heavy (non-hydrogen) atoms. The van der Waals surface area contributed by atoms with Gasteiger partial charge in [0.2, 0.25) is 0 Å². The van der Waals surface area contributed by atoms with Gasteiger partial charge in [-0.1, -0.05) is 37.1 Å². The lowest BCUT2D eigenvalue weighted by molar-refractivity contribution is 0.158. The highest BCUT2D eigenvalue weighted by molar-refractivity contribution is 5.27. The van der Waals surface area contributed by atoms with E-state index in [-0.39, 0.29) is 0 Å². The maximum atomic E-state index is 5.54. The molecule has 0 aromatic heterocycles. The van der Waals surface area contributed by atoms with Gasteiger partial charge in [-0.2, -0.15) is 0 Å². The van der Waals surface area contributed by atoms with Crippen molar-refractivity contribution in [3.8, 4) is 0 Å². The molecule has 1 saturated carbocycles. The van der Waals surface area contributed by atoms with Crippen molar-refractivity contribution in [3.05, 3.63) is 23.8 Å². The molecule has 0 aromatic rings. The molecule has 0 spiro atoms. The van der Waals surface area contributed by atoms with Crippen molar-refractivity contribution in [3.63, 3.8) is 0 Å². The number of fused-ring (bicyclic) bond motifs is 2. The Hall–Kier alpha value is -0.560. The van der Waals surface area contributed by atoms with Gasteiger partial charge in [0, 0.05) is 6.61 Å². The van der Waals surface area contributed by atoms with Gasteiger partial charge in [-0.25, -0.2) is 0 Å². The van der Waals surface area contributed by atoms with Crippen LogP contribution in [0, 0.1) is 11.8 Å². The van der Waals surface area contributed by atoms with E-state index < -0.39 is 0 Å². The van der Waals surface area contributed by atoms with Crippen LogP contribution in [0.1, 0.15) is 32.6 Å². The second-order valence-electron chi connectivity index (χ2n) is 4.40. The molecule has 0 heterocycles. The molecule has 0 saturated heterocycles. The lowest BCUT2D eigenvalue weighted by Gasteiger charge is -2.08. The molecule has 1 nitrogen and oxygen atoms in total. The molecule has 2 unspecified atom stereocenters. The fraction of sp³-hybridized carbons (Fsp3) is 0.692. The minimum atomic E-state index is 0.759. The van der Waals surface area contributed by atoms with Crippen LogP contribution in [0.3, 0.4) is 0 Å². The second-order valence-corrected chi connectivity index (χ2v) is 4.40. The summed E-state index contributed by atoms with van der Waals surface area (Å²) in [6.07, 6.45) is 12.1. The zero-order valence-corrected chi connectivity index (χ0v) is 9.04. The van der Waals surface area contributed by atoms with Gasteiger partial charge in [0.05, 0.1) is 6.61 Å². The van der Waals surface area contributed by atoms with Gasteiger partial charge in [-0.15, -0.1) is 0 Å². The highest BCUT2D eigenvalue weighted by atomic mass is 16.5. The lowest BCUT2D eigenvalue weighted by atomic mass is 10.0. The molecule has 1 fully saturated rings. The molecule has 2 aliphatic rings. The Morgan fingerprint density at radius 3 is 3.07 bits per heavy atom. The van der Waals surface area contributed by atoms with Gasteiger partial charge in [-0.05, 0) is 31.1 Å². The van der Waals surface area contributed by atoms with Crippen LogP contribution in [0.25, 0.3) is 0 Å². The number of rotatable bonds is 5. The van der Waals surface area contributed by atoms with Crippen LogP contribution in [-0.2, 0) is 4.74 Å². The first-order chi connectivity index (χ1) is 6.90. The maximum Gasteiger partial charge on any atom is 0.0650 e. The molecule has 0 radical (unpaired) electrons. The van der Waals surface area contributed by atoms with E-state index >= 15 is 0 Å². The zero-order valence-electron chi connectivity index (χ0n) is 9.04. The van der Waals surface area contributed by atoms with E-state index in [4.69, 9.17) is 4.74 Å². The van der Waals surface area contributed by atoms with E-state index in [1.54, 1.807) is 5.57 Å². The van der Waals surface area contributed by atoms with Gasteiger partial charge in [0.15, 0.2) is 0 Å². The topological polar surface area (TPSA) is 9.23 Å². The van der Waals surface area contributed by atoms with Crippen molar-refractivity contribution in [2.75, 3.05) is 13.2 Å². The summed E-state index contributed by atoms with van der Waals surface area (Å²) in [6, 6.07) is 0. The quantitative estimate of drug-likeness (QED) is 0.479. The van der Waals surface area contributed by atoms with E-state index in [1.165, 1.54) is 25.7 Å². The molecule has 0 N–H and O–H groups in total. The molecule has 2 atom stereocenters. The van der Waals surface area contributed by atoms with E-state index in [1.807, 2.05) is 0 Å². The summed E-state index contributed by atoms with van der Waals surface area (Å²) in [5.41, 5.74) is 1.62. The smallest absolute Gasteiger partial charge is 0.0650 e. The highest BCUT2D eigenvalue weighted by Crippen LogP contribution is 2.42. The average Bonchev–Trinajstić information content (AvgIpc) is 2.79. The molecule has 2 rings (SSSR count). The van der Waals surface area contributed by atoms with E-state index in [0.29, 0.717) is 0 Å². The van der Waals surface area contributed by atoms with Crippen LogP contribution in [-0.4, -0.2) is 13.2 Å². The Morgan fingerprint density at radius 1 is 1.50 bits per heavy atom. The lowest BCUT2D eigenvalue weighted by Crippen LogP contribution is -1.98. The minimum Gasteiger partial charge on any atom is -0.377 e. The number of hydrogen-bond acceptors (Lipinski definition) is 1. The Kier molecular flexibility index (Phi) is 3.41. The van der Waals surface area contributed by atoms with Crippen molar-refractivity contribution in [1.82, 2.24) is 0 Å². The molecule has 78 valence electrons. The summed E-state index contributed by atoms with van der Waals surface area (Å²) < 4.78 is 5.54. The van der Waals surface area contributed by atoms with Gasteiger partial charge < -0.3 is 4.74 Å². The molecule has 2 aliphatic carbocycles. The van der Waals surface area contributed by atoms with Crippen LogP contribution in [0.15, 0.2) is 23.8 Å². The fourth-order valence-corrected chi connectivity index (χ4v) is 2.39. The van der Waals surface area contributed by atoms with Gasteiger partial charge in [0.1, 0.15) is 0 Å². The predicted octanol–water partition coefficient (Wildman–Crippen LogP) is 3.33. The van der Waals surface area contributed by atoms with Crippen LogP contribution < -0.4 is 0 Å². The first-order valence-electron chi connectivity index (χ1n) is 5.85. The monoisotopic (exact) mass is 192 g/mol. The first kappa shape index (κ1) is 9.97. The third-order valence-corrected chi connectivity index (χ3v) is 3.25. The third-order valence-electron chi connectivity index (χ3n) is 3.25. The van der Waals surface area contributed by atoms with Crippen molar-refractivity contribution >= 4 is 0 Å². The molecule has 0 amide bonds. The Bertz CT molecular complexity index is 240. The van der Waals surface area contributed by atoms with E-state index in [2.05, 4.69) is 25.2 Å². The zero-order chi connectivity index (χ0) is 9.80. The molecular weight excluding hydrogens is 172 g/mol. The number of ether oxygens (including phenoxy) is 1. The van der Waals surface area contributed by atoms with Gasteiger partial charge >= 0.3 is 0 Å². The molecule has 1 heteroatoms. The average molecular weight is 192 g/mol. The summed E-state index contributed by atoms with van der Waals surface area (Å²) >= 11 is 0. The van der Waals surface area contributed by atoms with E-state index in [9.17, 15) is 0 Å². The number of hydrogen-bond donors (Lipinski definition) is 0. The second kappa shape index (κ2) is 4.79. The standard InChI is InChI=1S/C13H20O/c1-2-3-7-14-8-6-13-10-11-4-5-12(13)9-11/h4-6,11-12H,2-3,7-10H2,1H3. The normalized spacial score (nSPS) is 31.9. The summed E-state index contributed by atoms with van der Waals surface area (Å²) in [7, 11) is 0. The van der Waals surface area contributed by atoms with Crippen LogP contribution in [0.5, 0.6) is 0 Å².